The van der Waals surface area contributed by atoms with Gasteiger partial charge < -0.3 is 10.2 Å². The summed E-state index contributed by atoms with van der Waals surface area (Å²) in [5.74, 6) is -1.24. The summed E-state index contributed by atoms with van der Waals surface area (Å²) in [5, 5.41) is 2.93. The van der Waals surface area contributed by atoms with Crippen LogP contribution in [-0.4, -0.2) is 34.8 Å². The number of halogens is 1. The molecule has 27 heavy (non-hydrogen) atoms. The summed E-state index contributed by atoms with van der Waals surface area (Å²) in [6.07, 6.45) is 3.38. The number of hydrogen-bond acceptors (Lipinski definition) is 3. The number of amides is 2. The molecule has 0 aliphatic carbocycles. The van der Waals surface area contributed by atoms with Crippen molar-refractivity contribution < 1.29 is 14.0 Å². The van der Waals surface area contributed by atoms with Crippen LogP contribution in [0.5, 0.6) is 0 Å². The fraction of sp³-hybridized carbons (Fsp3) is 0.381. The van der Waals surface area contributed by atoms with E-state index in [2.05, 4.69) is 10.3 Å². The van der Waals surface area contributed by atoms with Crippen molar-refractivity contribution in [3.63, 3.8) is 0 Å². The molecule has 1 fully saturated rings. The molecule has 1 aromatic carbocycles. The van der Waals surface area contributed by atoms with Gasteiger partial charge >= 0.3 is 0 Å². The Hall–Kier alpha value is -2.76. The first kappa shape index (κ1) is 19.0. The lowest BCUT2D eigenvalue weighted by atomic mass is 9.88. The first-order valence-corrected chi connectivity index (χ1v) is 9.16. The Morgan fingerprint density at radius 1 is 1.26 bits per heavy atom. The maximum absolute atomic E-state index is 13.7. The Morgan fingerprint density at radius 3 is 2.74 bits per heavy atom. The number of hydrogen-bond donors (Lipinski definition) is 1. The fourth-order valence-corrected chi connectivity index (χ4v) is 3.51. The van der Waals surface area contributed by atoms with Crippen molar-refractivity contribution in [2.45, 2.75) is 26.3 Å². The van der Waals surface area contributed by atoms with E-state index >= 15 is 0 Å². The van der Waals surface area contributed by atoms with Gasteiger partial charge in [0.05, 0.1) is 5.92 Å². The molecule has 1 N–H and O–H groups in total. The second-order valence-electron chi connectivity index (χ2n) is 7.24. The third-order valence-electron chi connectivity index (χ3n) is 4.93. The minimum atomic E-state index is -0.411. The maximum Gasteiger partial charge on any atom is 0.225 e. The van der Waals surface area contributed by atoms with Crippen molar-refractivity contribution in [1.82, 2.24) is 15.2 Å². The molecule has 0 bridgehead atoms. The van der Waals surface area contributed by atoms with Crippen LogP contribution in [0.15, 0.2) is 48.8 Å². The lowest BCUT2D eigenvalue weighted by Crippen LogP contribution is -2.36. The topological polar surface area (TPSA) is 62.3 Å². The molecule has 2 aromatic rings. The standard InChI is InChI=1S/C21H24FN3O2/c1-14(2)21(27)25-12-18(16-6-3-7-17(22)9-16)19(13-25)20(26)24-11-15-5-4-8-23-10-15/h3-10,14,18-19H,11-13H2,1-2H3,(H,24,26)/t18-,19+/m1/s1. The smallest absolute Gasteiger partial charge is 0.225 e. The van der Waals surface area contributed by atoms with Crippen LogP contribution in [-0.2, 0) is 16.1 Å². The molecule has 2 atom stereocenters. The third kappa shape index (κ3) is 4.51. The van der Waals surface area contributed by atoms with Crippen molar-refractivity contribution in [2.24, 2.45) is 11.8 Å². The quantitative estimate of drug-likeness (QED) is 0.882. The average molecular weight is 369 g/mol. The van der Waals surface area contributed by atoms with Gasteiger partial charge in [0.2, 0.25) is 11.8 Å². The number of nitrogens with one attached hydrogen (secondary N) is 1. The van der Waals surface area contributed by atoms with Crippen molar-refractivity contribution in [1.29, 1.82) is 0 Å². The number of rotatable bonds is 5. The van der Waals surface area contributed by atoms with Gasteiger partial charge in [-0.15, -0.1) is 0 Å². The number of carbonyl (C=O) groups is 2. The summed E-state index contributed by atoms with van der Waals surface area (Å²) in [6.45, 7) is 4.82. The summed E-state index contributed by atoms with van der Waals surface area (Å²) in [7, 11) is 0. The molecule has 1 aromatic heterocycles. The Kier molecular flexibility index (Phi) is 5.84. The molecule has 1 aliphatic rings. The van der Waals surface area contributed by atoms with E-state index in [1.54, 1.807) is 23.4 Å². The minimum Gasteiger partial charge on any atom is -0.352 e. The molecule has 3 rings (SSSR count). The monoisotopic (exact) mass is 369 g/mol. The van der Waals surface area contributed by atoms with Gasteiger partial charge in [0, 0.05) is 43.9 Å². The zero-order chi connectivity index (χ0) is 19.4. The highest BCUT2D eigenvalue weighted by Gasteiger charge is 2.40. The van der Waals surface area contributed by atoms with Gasteiger partial charge in [0.15, 0.2) is 0 Å². The molecule has 1 saturated heterocycles. The summed E-state index contributed by atoms with van der Waals surface area (Å²) in [5.41, 5.74) is 1.65. The van der Waals surface area contributed by atoms with E-state index in [4.69, 9.17) is 0 Å². The van der Waals surface area contributed by atoms with Crippen molar-refractivity contribution in [2.75, 3.05) is 13.1 Å². The van der Waals surface area contributed by atoms with Crippen LogP contribution in [0.1, 0.15) is 30.9 Å². The van der Waals surface area contributed by atoms with Gasteiger partial charge in [-0.1, -0.05) is 32.0 Å². The predicted octanol–water partition coefficient (Wildman–Crippen LogP) is 2.74. The largest absolute Gasteiger partial charge is 0.352 e. The number of pyridine rings is 1. The number of likely N-dealkylation sites (tertiary alicyclic amines) is 1. The summed E-state index contributed by atoms with van der Waals surface area (Å²) in [6, 6.07) is 10.00. The minimum absolute atomic E-state index is 0.0129. The molecule has 0 radical (unpaired) electrons. The van der Waals surface area contributed by atoms with Gasteiger partial charge in [-0.3, -0.25) is 14.6 Å². The van der Waals surface area contributed by atoms with E-state index in [0.717, 1.165) is 11.1 Å². The first-order valence-electron chi connectivity index (χ1n) is 9.16. The van der Waals surface area contributed by atoms with Crippen LogP contribution in [0.25, 0.3) is 0 Å². The van der Waals surface area contributed by atoms with Crippen molar-refractivity contribution in [3.8, 4) is 0 Å². The van der Waals surface area contributed by atoms with E-state index in [9.17, 15) is 14.0 Å². The summed E-state index contributed by atoms with van der Waals surface area (Å²) >= 11 is 0. The van der Waals surface area contributed by atoms with Crippen LogP contribution in [0, 0.1) is 17.7 Å². The second kappa shape index (κ2) is 8.29. The molecule has 2 amide bonds. The summed E-state index contributed by atoms with van der Waals surface area (Å²) in [4.78, 5) is 31.1. The number of aromatic nitrogens is 1. The Balaban J connectivity index is 1.78. The lowest BCUT2D eigenvalue weighted by molar-refractivity contribution is -0.133. The van der Waals surface area contributed by atoms with Crippen LogP contribution in [0.4, 0.5) is 4.39 Å². The van der Waals surface area contributed by atoms with Gasteiger partial charge in [-0.05, 0) is 29.3 Å². The SMILES string of the molecule is CC(C)C(=O)N1C[C@H](C(=O)NCc2cccnc2)[C@@H](c2cccc(F)c2)C1. The zero-order valence-electron chi connectivity index (χ0n) is 15.6. The molecular weight excluding hydrogens is 345 g/mol. The van der Waals surface area contributed by atoms with Gasteiger partial charge in [-0.2, -0.15) is 0 Å². The molecule has 0 saturated carbocycles. The molecule has 1 aliphatic heterocycles. The third-order valence-corrected chi connectivity index (χ3v) is 4.93. The van der Waals surface area contributed by atoms with Gasteiger partial charge in [0.1, 0.15) is 5.82 Å². The normalized spacial score (nSPS) is 19.3. The van der Waals surface area contributed by atoms with E-state index in [1.165, 1.54) is 12.1 Å². The molecule has 0 unspecified atom stereocenters. The van der Waals surface area contributed by atoms with E-state index in [0.29, 0.717) is 19.6 Å². The second-order valence-corrected chi connectivity index (χ2v) is 7.24. The zero-order valence-corrected chi connectivity index (χ0v) is 15.6. The van der Waals surface area contributed by atoms with Crippen LogP contribution in [0.3, 0.4) is 0 Å². The molecule has 5 nitrogen and oxygen atoms in total. The van der Waals surface area contributed by atoms with Crippen LogP contribution < -0.4 is 5.32 Å². The Morgan fingerprint density at radius 2 is 2.07 bits per heavy atom. The first-order chi connectivity index (χ1) is 13.0. The highest BCUT2D eigenvalue weighted by atomic mass is 19.1. The van der Waals surface area contributed by atoms with E-state index in [1.807, 2.05) is 32.0 Å². The highest BCUT2D eigenvalue weighted by Crippen LogP contribution is 2.34. The molecule has 6 heteroatoms. The molecule has 142 valence electrons. The fourth-order valence-electron chi connectivity index (χ4n) is 3.51. The summed E-state index contributed by atoms with van der Waals surface area (Å²) < 4.78 is 13.7. The number of benzene rings is 1. The van der Waals surface area contributed by atoms with Gasteiger partial charge in [0.25, 0.3) is 0 Å². The maximum atomic E-state index is 13.7. The van der Waals surface area contributed by atoms with Crippen molar-refractivity contribution in [3.05, 3.63) is 65.7 Å². The molecule has 0 spiro atoms. The Bertz CT molecular complexity index is 810. The lowest BCUT2D eigenvalue weighted by Gasteiger charge is -2.18. The predicted molar refractivity (Wildman–Crippen MR) is 100 cm³/mol. The van der Waals surface area contributed by atoms with E-state index < -0.39 is 5.92 Å². The average Bonchev–Trinajstić information content (AvgIpc) is 3.11. The number of nitrogens with zero attached hydrogens (tertiary/aromatic N) is 2. The number of carbonyl (C=O) groups excluding carboxylic acids is 2. The molecular formula is C21H24FN3O2. The van der Waals surface area contributed by atoms with Crippen LogP contribution >= 0.6 is 0 Å². The van der Waals surface area contributed by atoms with E-state index in [-0.39, 0.29) is 29.5 Å². The van der Waals surface area contributed by atoms with Crippen LogP contribution in [0.2, 0.25) is 0 Å². The van der Waals surface area contributed by atoms with Crippen molar-refractivity contribution >= 4 is 11.8 Å². The highest BCUT2D eigenvalue weighted by molar-refractivity contribution is 5.84. The van der Waals surface area contributed by atoms with Gasteiger partial charge in [-0.25, -0.2) is 4.39 Å². The molecule has 2 heterocycles. The Labute approximate surface area is 158 Å².